The number of carbonyl (C=O) groups excluding carboxylic acids is 1. The van der Waals surface area contributed by atoms with Gasteiger partial charge in [0.15, 0.2) is 0 Å². The summed E-state index contributed by atoms with van der Waals surface area (Å²) in [6.07, 6.45) is 5.51. The van der Waals surface area contributed by atoms with Crippen molar-refractivity contribution in [1.82, 2.24) is 19.4 Å². The van der Waals surface area contributed by atoms with E-state index in [1.165, 1.54) is 5.56 Å². The molecule has 2 aromatic heterocycles. The van der Waals surface area contributed by atoms with Crippen LogP contribution in [0, 0.1) is 6.92 Å². The van der Waals surface area contributed by atoms with Gasteiger partial charge in [0, 0.05) is 50.7 Å². The van der Waals surface area contributed by atoms with E-state index in [9.17, 15) is 4.79 Å². The van der Waals surface area contributed by atoms with Crippen LogP contribution in [0.3, 0.4) is 0 Å². The highest BCUT2D eigenvalue weighted by atomic mass is 16.2. The number of rotatable bonds is 4. The molecule has 0 unspecified atom stereocenters. The second-order valence-corrected chi connectivity index (χ2v) is 6.98. The highest BCUT2D eigenvalue weighted by Crippen LogP contribution is 2.21. The van der Waals surface area contributed by atoms with Crippen molar-refractivity contribution in [2.24, 2.45) is 0 Å². The van der Waals surface area contributed by atoms with Crippen LogP contribution in [0.15, 0.2) is 30.7 Å². The molecule has 3 heterocycles. The minimum Gasteiger partial charge on any atom is -0.353 e. The molecule has 0 N–H and O–H groups in total. The Balaban J connectivity index is 1.65. The van der Waals surface area contributed by atoms with Gasteiger partial charge in [0.2, 0.25) is 5.91 Å². The molecule has 1 aliphatic heterocycles. The fourth-order valence-electron chi connectivity index (χ4n) is 3.43. The van der Waals surface area contributed by atoms with Crippen LogP contribution in [0.2, 0.25) is 0 Å². The van der Waals surface area contributed by atoms with Crippen LogP contribution in [0.1, 0.15) is 44.1 Å². The molecule has 6 heteroatoms. The largest absolute Gasteiger partial charge is 0.353 e. The molecule has 3 rings (SSSR count). The second-order valence-electron chi connectivity index (χ2n) is 6.98. The zero-order chi connectivity index (χ0) is 18.0. The lowest BCUT2D eigenvalue weighted by molar-refractivity contribution is -0.134. The summed E-state index contributed by atoms with van der Waals surface area (Å²) < 4.78 is 2.00. The zero-order valence-corrected chi connectivity index (χ0v) is 15.5. The lowest BCUT2D eigenvalue weighted by Crippen LogP contribution is -2.50. The topological polar surface area (TPSA) is 54.3 Å². The van der Waals surface area contributed by atoms with Crippen LogP contribution in [-0.2, 0) is 4.79 Å². The maximum absolute atomic E-state index is 12.9. The van der Waals surface area contributed by atoms with Crippen molar-refractivity contribution in [3.05, 3.63) is 42.1 Å². The Morgan fingerprint density at radius 1 is 1.08 bits per heavy atom. The molecule has 25 heavy (non-hydrogen) atoms. The first-order chi connectivity index (χ1) is 12.0. The van der Waals surface area contributed by atoms with Gasteiger partial charge >= 0.3 is 0 Å². The third-order valence-corrected chi connectivity index (χ3v) is 4.86. The molecule has 0 radical (unpaired) electrons. The number of carbonyl (C=O) groups is 1. The summed E-state index contributed by atoms with van der Waals surface area (Å²) in [4.78, 5) is 26.0. The Bertz CT molecular complexity index is 731. The van der Waals surface area contributed by atoms with Crippen molar-refractivity contribution in [3.63, 3.8) is 0 Å². The van der Waals surface area contributed by atoms with Gasteiger partial charge in [-0.25, -0.2) is 9.97 Å². The van der Waals surface area contributed by atoms with Gasteiger partial charge in [0.25, 0.3) is 0 Å². The van der Waals surface area contributed by atoms with Crippen LogP contribution in [0.5, 0.6) is 0 Å². The number of piperazine rings is 1. The van der Waals surface area contributed by atoms with Crippen LogP contribution >= 0.6 is 0 Å². The van der Waals surface area contributed by atoms with E-state index in [2.05, 4.69) is 41.7 Å². The molecule has 1 aliphatic rings. The molecule has 0 saturated carbocycles. The van der Waals surface area contributed by atoms with Crippen LogP contribution in [0.4, 0.5) is 5.82 Å². The Kier molecular flexibility index (Phi) is 5.06. The van der Waals surface area contributed by atoms with Crippen molar-refractivity contribution in [3.8, 4) is 0 Å². The van der Waals surface area contributed by atoms with Crippen molar-refractivity contribution in [2.45, 2.75) is 39.7 Å². The van der Waals surface area contributed by atoms with E-state index in [1.54, 1.807) is 6.20 Å². The monoisotopic (exact) mass is 341 g/mol. The van der Waals surface area contributed by atoms with E-state index in [-0.39, 0.29) is 11.9 Å². The first-order valence-corrected chi connectivity index (χ1v) is 8.97. The van der Waals surface area contributed by atoms with Gasteiger partial charge in [-0.2, -0.15) is 0 Å². The van der Waals surface area contributed by atoms with Gasteiger partial charge in [-0.15, -0.1) is 0 Å². The molecule has 0 aliphatic carbocycles. The Labute approximate surface area is 149 Å². The Morgan fingerprint density at radius 2 is 1.80 bits per heavy atom. The van der Waals surface area contributed by atoms with E-state index >= 15 is 0 Å². The minimum atomic E-state index is -0.219. The van der Waals surface area contributed by atoms with E-state index in [1.807, 2.05) is 34.9 Å². The summed E-state index contributed by atoms with van der Waals surface area (Å²) in [7, 11) is 0. The van der Waals surface area contributed by atoms with Crippen LogP contribution in [-0.4, -0.2) is 51.5 Å². The molecular formula is C19H27N5O. The Hall–Kier alpha value is -2.37. The van der Waals surface area contributed by atoms with Crippen molar-refractivity contribution >= 4 is 11.7 Å². The predicted octanol–water partition coefficient (Wildman–Crippen LogP) is 2.62. The molecule has 0 spiro atoms. The highest BCUT2D eigenvalue weighted by Gasteiger charge is 2.28. The summed E-state index contributed by atoms with van der Waals surface area (Å²) in [5, 5.41) is 0. The van der Waals surface area contributed by atoms with Crippen molar-refractivity contribution < 1.29 is 4.79 Å². The molecule has 6 nitrogen and oxygen atoms in total. The predicted molar refractivity (Wildman–Crippen MR) is 98.8 cm³/mol. The average molecular weight is 341 g/mol. The third-order valence-electron chi connectivity index (χ3n) is 4.86. The summed E-state index contributed by atoms with van der Waals surface area (Å²) >= 11 is 0. The summed E-state index contributed by atoms with van der Waals surface area (Å²) in [6, 6.07) is 3.81. The van der Waals surface area contributed by atoms with Gasteiger partial charge in [0.05, 0.1) is 0 Å². The molecule has 1 saturated heterocycles. The molecule has 1 fully saturated rings. The van der Waals surface area contributed by atoms with Gasteiger partial charge in [-0.3, -0.25) is 4.79 Å². The molecule has 0 aromatic carbocycles. The third kappa shape index (κ3) is 3.52. The number of hydrogen-bond acceptors (Lipinski definition) is 4. The SMILES string of the molecule is Cc1cccnc1N1CCN(C(=O)[C@@H](C)n2ccnc2C(C)C)CC1. The van der Waals surface area contributed by atoms with E-state index in [4.69, 9.17) is 0 Å². The van der Waals surface area contributed by atoms with Crippen molar-refractivity contribution in [2.75, 3.05) is 31.1 Å². The maximum atomic E-state index is 12.9. The second kappa shape index (κ2) is 7.25. The summed E-state index contributed by atoms with van der Waals surface area (Å²) in [5.41, 5.74) is 1.18. The number of amides is 1. The molecule has 0 bridgehead atoms. The quantitative estimate of drug-likeness (QED) is 0.858. The van der Waals surface area contributed by atoms with E-state index in [0.29, 0.717) is 5.92 Å². The number of pyridine rings is 1. The summed E-state index contributed by atoms with van der Waals surface area (Å²) in [5.74, 6) is 2.45. The number of aromatic nitrogens is 3. The molecular weight excluding hydrogens is 314 g/mol. The number of anilines is 1. The Morgan fingerprint density at radius 3 is 2.44 bits per heavy atom. The number of nitrogens with zero attached hydrogens (tertiary/aromatic N) is 5. The number of aryl methyl sites for hydroxylation is 1. The highest BCUT2D eigenvalue weighted by molar-refractivity contribution is 5.80. The molecule has 2 aromatic rings. The zero-order valence-electron chi connectivity index (χ0n) is 15.5. The van der Waals surface area contributed by atoms with Crippen LogP contribution in [0.25, 0.3) is 0 Å². The van der Waals surface area contributed by atoms with Gasteiger partial charge in [-0.1, -0.05) is 19.9 Å². The fraction of sp³-hybridized carbons (Fsp3) is 0.526. The van der Waals surface area contributed by atoms with E-state index < -0.39 is 0 Å². The average Bonchev–Trinajstić information content (AvgIpc) is 3.11. The lowest BCUT2D eigenvalue weighted by Gasteiger charge is -2.37. The smallest absolute Gasteiger partial charge is 0.245 e. The van der Waals surface area contributed by atoms with Gasteiger partial charge < -0.3 is 14.4 Å². The maximum Gasteiger partial charge on any atom is 0.245 e. The molecule has 1 amide bonds. The van der Waals surface area contributed by atoms with Crippen molar-refractivity contribution in [1.29, 1.82) is 0 Å². The minimum absolute atomic E-state index is 0.164. The summed E-state index contributed by atoms with van der Waals surface area (Å²) in [6.45, 7) is 11.3. The first-order valence-electron chi connectivity index (χ1n) is 8.97. The molecule has 134 valence electrons. The normalized spacial score (nSPS) is 16.4. The fourth-order valence-corrected chi connectivity index (χ4v) is 3.43. The van der Waals surface area contributed by atoms with Gasteiger partial charge in [0.1, 0.15) is 17.7 Å². The number of imidazole rings is 1. The molecule has 1 atom stereocenters. The lowest BCUT2D eigenvalue weighted by atomic mass is 10.1. The first kappa shape index (κ1) is 17.5. The number of hydrogen-bond donors (Lipinski definition) is 0. The van der Waals surface area contributed by atoms with E-state index in [0.717, 1.165) is 37.8 Å². The standard InChI is InChI=1S/C19H27N5O/c1-14(2)17-21-8-9-24(17)16(4)19(25)23-12-10-22(11-13-23)18-15(3)6-5-7-20-18/h5-9,14,16H,10-13H2,1-4H3/t16-/m1/s1. The van der Waals surface area contributed by atoms with Crippen LogP contribution < -0.4 is 4.90 Å². The van der Waals surface area contributed by atoms with Gasteiger partial charge in [-0.05, 0) is 25.5 Å².